The Morgan fingerprint density at radius 3 is 2.04 bits per heavy atom. The number of hydrogen-bond acceptors (Lipinski definition) is 9. The SMILES string of the molecule is COC(=O)[C@@]12O[C@@](C)(OC(C)=O)C(=O)[C@@H]1[C@H](OC)[C@@H](OC)[C@@H]2OC. The van der Waals surface area contributed by atoms with Crippen LogP contribution in [0.4, 0.5) is 0 Å². The van der Waals surface area contributed by atoms with Gasteiger partial charge >= 0.3 is 11.9 Å². The standard InChI is InChI=1S/C15H22O9/c1-7(16)23-14(2)11(17)8-9(19-3)10(20-4)12(21-5)15(8,24-14)13(18)22-6/h8-10,12H,1-6H3/t8-,9-,10+,12-,14+,15+/m0/s1. The van der Waals surface area contributed by atoms with Crippen molar-refractivity contribution >= 4 is 17.7 Å². The molecule has 1 aliphatic heterocycles. The molecule has 2 aliphatic rings. The van der Waals surface area contributed by atoms with Crippen molar-refractivity contribution in [2.45, 2.75) is 43.5 Å². The third-order valence-corrected chi connectivity index (χ3v) is 4.57. The van der Waals surface area contributed by atoms with E-state index < -0.39 is 53.3 Å². The van der Waals surface area contributed by atoms with Crippen LogP contribution in [0.2, 0.25) is 0 Å². The van der Waals surface area contributed by atoms with E-state index in [2.05, 4.69) is 0 Å². The lowest BCUT2D eigenvalue weighted by Gasteiger charge is -2.33. The zero-order valence-electron chi connectivity index (χ0n) is 14.5. The smallest absolute Gasteiger partial charge is 0.342 e. The van der Waals surface area contributed by atoms with Gasteiger partial charge in [-0.15, -0.1) is 0 Å². The monoisotopic (exact) mass is 346 g/mol. The quantitative estimate of drug-likeness (QED) is 0.606. The molecule has 1 saturated heterocycles. The lowest BCUT2D eigenvalue weighted by molar-refractivity contribution is -0.255. The van der Waals surface area contributed by atoms with E-state index in [1.807, 2.05) is 0 Å². The fourth-order valence-corrected chi connectivity index (χ4v) is 3.77. The first kappa shape index (κ1) is 18.8. The molecule has 24 heavy (non-hydrogen) atoms. The van der Waals surface area contributed by atoms with Gasteiger partial charge in [-0.2, -0.15) is 0 Å². The van der Waals surface area contributed by atoms with Gasteiger partial charge in [0, 0.05) is 35.2 Å². The Kier molecular flexibility index (Phi) is 5.01. The van der Waals surface area contributed by atoms with Gasteiger partial charge in [-0.3, -0.25) is 9.59 Å². The fourth-order valence-electron chi connectivity index (χ4n) is 3.77. The summed E-state index contributed by atoms with van der Waals surface area (Å²) in [5, 5.41) is 0. The minimum Gasteiger partial charge on any atom is -0.467 e. The van der Waals surface area contributed by atoms with Gasteiger partial charge in [0.05, 0.1) is 19.1 Å². The molecule has 0 aromatic rings. The second-order valence-electron chi connectivity index (χ2n) is 5.82. The minimum atomic E-state index is -1.95. The molecule has 0 aromatic carbocycles. The molecule has 136 valence electrons. The van der Waals surface area contributed by atoms with Crippen molar-refractivity contribution < 1.29 is 42.8 Å². The summed E-state index contributed by atoms with van der Waals surface area (Å²) in [6.45, 7) is 2.42. The summed E-state index contributed by atoms with van der Waals surface area (Å²) in [5.41, 5.74) is -1.84. The third kappa shape index (κ3) is 2.34. The molecule has 6 atom stereocenters. The van der Waals surface area contributed by atoms with Crippen LogP contribution in [0.5, 0.6) is 0 Å². The molecule has 1 saturated carbocycles. The van der Waals surface area contributed by atoms with E-state index in [0.717, 1.165) is 14.0 Å². The maximum Gasteiger partial charge on any atom is 0.342 e. The summed E-state index contributed by atoms with van der Waals surface area (Å²) < 4.78 is 31.8. The molecular weight excluding hydrogens is 324 g/mol. The van der Waals surface area contributed by atoms with E-state index in [1.165, 1.54) is 28.3 Å². The topological polar surface area (TPSA) is 107 Å². The van der Waals surface area contributed by atoms with E-state index in [-0.39, 0.29) is 0 Å². The minimum absolute atomic E-state index is 0.614. The van der Waals surface area contributed by atoms with Gasteiger partial charge in [0.2, 0.25) is 11.4 Å². The van der Waals surface area contributed by atoms with Crippen LogP contribution in [0.1, 0.15) is 13.8 Å². The second kappa shape index (κ2) is 6.40. The number of fused-ring (bicyclic) bond motifs is 1. The lowest BCUT2D eigenvalue weighted by atomic mass is 9.86. The highest BCUT2D eigenvalue weighted by molar-refractivity contribution is 6.00. The maximum absolute atomic E-state index is 13.0. The molecule has 0 amide bonds. The van der Waals surface area contributed by atoms with Crippen molar-refractivity contribution in [2.24, 2.45) is 5.92 Å². The van der Waals surface area contributed by atoms with Gasteiger partial charge < -0.3 is 28.4 Å². The summed E-state index contributed by atoms with van der Waals surface area (Å²) in [6, 6.07) is 0. The molecule has 9 nitrogen and oxygen atoms in total. The first-order chi connectivity index (χ1) is 11.2. The van der Waals surface area contributed by atoms with Crippen molar-refractivity contribution in [3.63, 3.8) is 0 Å². The van der Waals surface area contributed by atoms with Crippen molar-refractivity contribution in [3.8, 4) is 0 Å². The highest BCUT2D eigenvalue weighted by atomic mass is 16.8. The highest BCUT2D eigenvalue weighted by Gasteiger charge is 2.78. The summed E-state index contributed by atoms with van der Waals surface area (Å²) in [4.78, 5) is 36.9. The largest absolute Gasteiger partial charge is 0.467 e. The predicted molar refractivity (Wildman–Crippen MR) is 76.9 cm³/mol. The number of carbonyl (C=O) groups excluding carboxylic acids is 3. The lowest BCUT2D eigenvalue weighted by Crippen LogP contribution is -2.55. The van der Waals surface area contributed by atoms with Crippen LogP contribution in [0.25, 0.3) is 0 Å². The van der Waals surface area contributed by atoms with E-state index in [4.69, 9.17) is 28.4 Å². The molecule has 1 heterocycles. The molecule has 0 unspecified atom stereocenters. The normalized spacial score (nSPS) is 41.2. The highest BCUT2D eigenvalue weighted by Crippen LogP contribution is 2.53. The number of rotatable bonds is 5. The van der Waals surface area contributed by atoms with Crippen LogP contribution < -0.4 is 0 Å². The van der Waals surface area contributed by atoms with Crippen LogP contribution in [0.15, 0.2) is 0 Å². The fraction of sp³-hybridized carbons (Fsp3) is 0.800. The second-order valence-corrected chi connectivity index (χ2v) is 5.82. The van der Waals surface area contributed by atoms with Crippen molar-refractivity contribution in [2.75, 3.05) is 28.4 Å². The Labute approximate surface area is 139 Å². The molecule has 2 rings (SSSR count). The van der Waals surface area contributed by atoms with Gasteiger partial charge in [0.25, 0.3) is 5.79 Å². The van der Waals surface area contributed by atoms with Gasteiger partial charge in [-0.1, -0.05) is 0 Å². The zero-order chi connectivity index (χ0) is 18.3. The van der Waals surface area contributed by atoms with Crippen molar-refractivity contribution in [1.82, 2.24) is 0 Å². The third-order valence-electron chi connectivity index (χ3n) is 4.57. The Balaban J connectivity index is 2.62. The number of carbonyl (C=O) groups is 3. The number of esters is 2. The van der Waals surface area contributed by atoms with Crippen LogP contribution in [0.3, 0.4) is 0 Å². The van der Waals surface area contributed by atoms with Gasteiger partial charge in [0.15, 0.2) is 0 Å². The van der Waals surface area contributed by atoms with Gasteiger partial charge in [-0.25, -0.2) is 4.79 Å². The Bertz CT molecular complexity index is 547. The molecule has 0 spiro atoms. The van der Waals surface area contributed by atoms with Crippen molar-refractivity contribution in [1.29, 1.82) is 0 Å². The molecule has 2 fully saturated rings. The number of methoxy groups -OCH3 is 4. The zero-order valence-corrected chi connectivity index (χ0v) is 14.5. The number of ether oxygens (including phenoxy) is 6. The average Bonchev–Trinajstić information content (AvgIpc) is 2.92. The van der Waals surface area contributed by atoms with Gasteiger partial charge in [-0.05, 0) is 0 Å². The first-order valence-electron chi connectivity index (χ1n) is 7.34. The molecule has 0 N–H and O–H groups in total. The summed E-state index contributed by atoms with van der Waals surface area (Å²) in [5.74, 6) is -5.23. The van der Waals surface area contributed by atoms with E-state index in [9.17, 15) is 14.4 Å². The average molecular weight is 346 g/mol. The molecule has 0 bridgehead atoms. The molecule has 9 heteroatoms. The van der Waals surface area contributed by atoms with Crippen molar-refractivity contribution in [3.05, 3.63) is 0 Å². The number of ketones is 1. The van der Waals surface area contributed by atoms with Crippen LogP contribution in [0, 0.1) is 5.92 Å². The molecule has 0 aromatic heterocycles. The number of Topliss-reactive ketones (excluding diaryl/α,β-unsaturated/α-hetero) is 1. The van der Waals surface area contributed by atoms with Crippen LogP contribution >= 0.6 is 0 Å². The van der Waals surface area contributed by atoms with E-state index in [0.29, 0.717) is 0 Å². The Morgan fingerprint density at radius 2 is 1.62 bits per heavy atom. The Hall–Kier alpha value is -1.55. The first-order valence-corrected chi connectivity index (χ1v) is 7.34. The van der Waals surface area contributed by atoms with E-state index >= 15 is 0 Å². The van der Waals surface area contributed by atoms with Crippen LogP contribution in [-0.4, -0.2) is 75.9 Å². The number of hydrogen-bond donors (Lipinski definition) is 0. The summed E-state index contributed by atoms with van der Waals surface area (Å²) >= 11 is 0. The summed E-state index contributed by atoms with van der Waals surface area (Å²) in [7, 11) is 5.31. The summed E-state index contributed by atoms with van der Waals surface area (Å²) in [6.07, 6.45) is -2.59. The van der Waals surface area contributed by atoms with Crippen LogP contribution in [-0.2, 0) is 42.8 Å². The van der Waals surface area contributed by atoms with E-state index in [1.54, 1.807) is 0 Å². The predicted octanol–water partition coefficient (Wildman–Crippen LogP) is -0.548. The Morgan fingerprint density at radius 1 is 1.04 bits per heavy atom. The molecular formula is C15H22O9. The molecule has 1 aliphatic carbocycles. The maximum atomic E-state index is 13.0. The molecule has 0 radical (unpaired) electrons. The van der Waals surface area contributed by atoms with Gasteiger partial charge in [0.1, 0.15) is 12.2 Å².